The number of nitrogens with one attached hydrogen (secondary N) is 1. The van der Waals surface area contributed by atoms with Gasteiger partial charge in [0.05, 0.1) is 11.9 Å². The van der Waals surface area contributed by atoms with Crippen LogP contribution in [0.15, 0.2) is 54.9 Å². The summed E-state index contributed by atoms with van der Waals surface area (Å²) in [5.41, 5.74) is 4.52. The molecule has 2 aromatic heterocycles. The lowest BCUT2D eigenvalue weighted by atomic mass is 9.59. The number of fused-ring (bicyclic) bond motifs is 1. The molecule has 3 aliphatic rings. The molecule has 3 fully saturated rings. The van der Waals surface area contributed by atoms with Crippen LogP contribution in [0.2, 0.25) is 0 Å². The van der Waals surface area contributed by atoms with Gasteiger partial charge in [-0.05, 0) is 86.6 Å². The zero-order valence-corrected chi connectivity index (χ0v) is 24.8. The number of pyridine rings is 1. The first-order chi connectivity index (χ1) is 20.3. The highest BCUT2D eigenvalue weighted by molar-refractivity contribution is 5.76. The zero-order chi connectivity index (χ0) is 29.0. The van der Waals surface area contributed by atoms with Crippen molar-refractivity contribution >= 4 is 16.7 Å². The minimum absolute atomic E-state index is 0.167. The van der Waals surface area contributed by atoms with E-state index in [0.29, 0.717) is 40.6 Å². The third-order valence-electron chi connectivity index (χ3n) is 10.2. The Labute approximate surface area is 246 Å². The molecule has 1 N–H and O–H groups in total. The number of halogens is 2. The number of aromatic amines is 1. The molecule has 1 unspecified atom stereocenters. The van der Waals surface area contributed by atoms with E-state index in [-0.39, 0.29) is 5.56 Å². The van der Waals surface area contributed by atoms with Crippen molar-refractivity contribution in [2.75, 3.05) is 24.5 Å². The smallest absolute Gasteiger partial charge is 0.182 e. The molecule has 1 spiro atoms. The van der Waals surface area contributed by atoms with Crippen molar-refractivity contribution < 1.29 is 13.5 Å². The maximum Gasteiger partial charge on any atom is 0.182 e. The van der Waals surface area contributed by atoms with E-state index in [9.17, 15) is 0 Å². The van der Waals surface area contributed by atoms with Crippen LogP contribution in [0, 0.1) is 24.0 Å². The van der Waals surface area contributed by atoms with Crippen LogP contribution in [0.25, 0.3) is 11.0 Å². The van der Waals surface area contributed by atoms with Gasteiger partial charge in [0.15, 0.2) is 11.6 Å². The highest BCUT2D eigenvalue weighted by Crippen LogP contribution is 2.54. The largest absolute Gasteiger partial charge is 0.455 e. The van der Waals surface area contributed by atoms with Gasteiger partial charge >= 0.3 is 0 Å². The predicted octanol–water partition coefficient (Wildman–Crippen LogP) is 8.65. The number of hydrogen-bond donors (Lipinski definition) is 1. The number of ether oxygens (including phenoxy) is 1. The summed E-state index contributed by atoms with van der Waals surface area (Å²) >= 11 is 0. The number of benzene rings is 2. The van der Waals surface area contributed by atoms with Gasteiger partial charge < -0.3 is 14.6 Å². The summed E-state index contributed by atoms with van der Waals surface area (Å²) in [6.45, 7) is 8.77. The molecule has 7 rings (SSSR count). The fourth-order valence-electron chi connectivity index (χ4n) is 7.82. The standard InChI is InChI=1S/C35H40F2N4O/c1-22(2)27-7-4-5-8-28(27)29-9-6-14-41(29)25-19-35(20-25)11-15-40(16-12-35)30-18-31(23(3)32(36)33(30)37)42-26-17-24-10-13-38-34(24)39-21-26/h4-5,7-8,10,13,17-18,21-22,25,29H,6,9,11-12,14-16,19-20H2,1-3H3,(H,38,39). The first-order valence-corrected chi connectivity index (χ1v) is 15.5. The zero-order valence-electron chi connectivity index (χ0n) is 24.8. The molecule has 7 heteroatoms. The number of rotatable bonds is 6. The van der Waals surface area contributed by atoms with E-state index in [1.54, 1.807) is 19.2 Å². The molecule has 0 bridgehead atoms. The third kappa shape index (κ3) is 4.76. The lowest BCUT2D eigenvalue weighted by molar-refractivity contribution is -0.0228. The van der Waals surface area contributed by atoms with Gasteiger partial charge in [-0.25, -0.2) is 13.8 Å². The molecule has 0 amide bonds. The minimum atomic E-state index is -0.844. The van der Waals surface area contributed by atoms with Crippen LogP contribution in [0.5, 0.6) is 11.5 Å². The first kappa shape index (κ1) is 27.4. The molecule has 2 aromatic carbocycles. The Bertz CT molecular complexity index is 1600. The number of aromatic nitrogens is 2. The number of piperidine rings is 1. The molecular formula is C35H40F2N4O. The average Bonchev–Trinajstić information content (AvgIpc) is 3.66. The number of likely N-dealkylation sites (tertiary alicyclic amines) is 1. The Balaban J connectivity index is 1.03. The maximum absolute atomic E-state index is 15.3. The lowest BCUT2D eigenvalue weighted by Crippen LogP contribution is -2.55. The molecule has 4 heterocycles. The predicted molar refractivity (Wildman–Crippen MR) is 163 cm³/mol. The van der Waals surface area contributed by atoms with Gasteiger partial charge in [-0.15, -0.1) is 0 Å². The highest BCUT2D eigenvalue weighted by Gasteiger charge is 2.50. The number of nitrogens with zero attached hydrogens (tertiary/aromatic N) is 3. The summed E-state index contributed by atoms with van der Waals surface area (Å²) in [5, 5.41) is 0.900. The van der Waals surface area contributed by atoms with Gasteiger partial charge in [0, 0.05) is 48.4 Å². The summed E-state index contributed by atoms with van der Waals surface area (Å²) < 4.78 is 36.5. The molecule has 1 atom stereocenters. The topological polar surface area (TPSA) is 44.4 Å². The van der Waals surface area contributed by atoms with Crippen molar-refractivity contribution in [2.45, 2.75) is 77.3 Å². The molecule has 1 aliphatic carbocycles. The van der Waals surface area contributed by atoms with Crippen molar-refractivity contribution in [3.63, 3.8) is 0 Å². The van der Waals surface area contributed by atoms with Crippen LogP contribution >= 0.6 is 0 Å². The number of anilines is 1. The average molecular weight is 571 g/mol. The molecule has 0 radical (unpaired) electrons. The van der Waals surface area contributed by atoms with Crippen LogP contribution < -0.4 is 9.64 Å². The minimum Gasteiger partial charge on any atom is -0.455 e. The van der Waals surface area contributed by atoms with Crippen LogP contribution in [-0.2, 0) is 0 Å². The van der Waals surface area contributed by atoms with Gasteiger partial charge in [0.1, 0.15) is 17.1 Å². The molecule has 1 saturated carbocycles. The van der Waals surface area contributed by atoms with Crippen LogP contribution in [0.1, 0.15) is 81.0 Å². The molecule has 5 nitrogen and oxygen atoms in total. The lowest BCUT2D eigenvalue weighted by Gasteiger charge is -2.56. The summed E-state index contributed by atoms with van der Waals surface area (Å²) in [7, 11) is 0. The molecule has 2 aliphatic heterocycles. The van der Waals surface area contributed by atoms with Crippen molar-refractivity contribution in [3.8, 4) is 11.5 Å². The Morgan fingerprint density at radius 1 is 1.02 bits per heavy atom. The van der Waals surface area contributed by atoms with E-state index in [1.807, 2.05) is 23.2 Å². The Hall–Kier alpha value is -3.45. The van der Waals surface area contributed by atoms with Crippen LogP contribution in [0.4, 0.5) is 14.5 Å². The molecule has 220 valence electrons. The van der Waals surface area contributed by atoms with Crippen molar-refractivity contribution in [3.05, 3.63) is 83.2 Å². The summed E-state index contributed by atoms with van der Waals surface area (Å²) in [5.74, 6) is -0.282. The second-order valence-corrected chi connectivity index (χ2v) is 13.1. The summed E-state index contributed by atoms with van der Waals surface area (Å²) in [4.78, 5) is 12.2. The molecule has 42 heavy (non-hydrogen) atoms. The fourth-order valence-corrected chi connectivity index (χ4v) is 7.82. The van der Waals surface area contributed by atoms with Crippen molar-refractivity contribution in [2.24, 2.45) is 5.41 Å². The second-order valence-electron chi connectivity index (χ2n) is 13.1. The van der Waals surface area contributed by atoms with Gasteiger partial charge in [-0.3, -0.25) is 4.90 Å². The monoisotopic (exact) mass is 570 g/mol. The van der Waals surface area contributed by atoms with Gasteiger partial charge in [0.25, 0.3) is 0 Å². The van der Waals surface area contributed by atoms with E-state index in [2.05, 4.69) is 53.0 Å². The van der Waals surface area contributed by atoms with E-state index in [0.717, 1.165) is 37.0 Å². The van der Waals surface area contributed by atoms with Crippen molar-refractivity contribution in [1.82, 2.24) is 14.9 Å². The second kappa shape index (κ2) is 10.7. The van der Waals surface area contributed by atoms with E-state index >= 15 is 8.78 Å². The normalized spacial score (nSPS) is 21.0. The molecule has 4 aromatic rings. The number of hydrogen-bond acceptors (Lipinski definition) is 4. The SMILES string of the molecule is Cc1c(Oc2cnc3[nH]ccc3c2)cc(N2CCC3(CC2)CC(N2CCCC2c2ccccc2C(C)C)C3)c(F)c1F. The van der Waals surface area contributed by atoms with Crippen LogP contribution in [-0.4, -0.2) is 40.5 Å². The van der Waals surface area contributed by atoms with Crippen LogP contribution in [0.3, 0.4) is 0 Å². The van der Waals surface area contributed by atoms with E-state index in [4.69, 9.17) is 4.74 Å². The third-order valence-corrected chi connectivity index (χ3v) is 10.2. The van der Waals surface area contributed by atoms with Gasteiger partial charge in [-0.1, -0.05) is 38.1 Å². The van der Waals surface area contributed by atoms with Crippen molar-refractivity contribution in [1.29, 1.82) is 0 Å². The first-order valence-electron chi connectivity index (χ1n) is 15.5. The Morgan fingerprint density at radius 3 is 2.60 bits per heavy atom. The quantitative estimate of drug-likeness (QED) is 0.252. The highest BCUT2D eigenvalue weighted by atomic mass is 19.2. The summed E-state index contributed by atoms with van der Waals surface area (Å²) in [6.07, 6.45) is 10.3. The summed E-state index contributed by atoms with van der Waals surface area (Å²) in [6, 6.07) is 15.6. The molecular weight excluding hydrogens is 530 g/mol. The van der Waals surface area contributed by atoms with Gasteiger partial charge in [-0.2, -0.15) is 0 Å². The van der Waals surface area contributed by atoms with E-state index < -0.39 is 11.6 Å². The number of H-pyrrole nitrogens is 1. The Morgan fingerprint density at radius 2 is 1.81 bits per heavy atom. The van der Waals surface area contributed by atoms with E-state index in [1.165, 1.54) is 43.4 Å². The Kier molecular flexibility index (Phi) is 6.96. The molecule has 2 saturated heterocycles. The van der Waals surface area contributed by atoms with Gasteiger partial charge in [0.2, 0.25) is 0 Å². The fraction of sp³-hybridized carbons (Fsp3) is 0.457. The maximum atomic E-state index is 15.3.